The van der Waals surface area contributed by atoms with Crippen LogP contribution in [-0.4, -0.2) is 26.4 Å². The van der Waals surface area contributed by atoms with E-state index in [1.165, 1.54) is 6.42 Å². The van der Waals surface area contributed by atoms with Crippen molar-refractivity contribution in [2.75, 3.05) is 0 Å². The summed E-state index contributed by atoms with van der Waals surface area (Å²) in [6.45, 7) is 4.02. The van der Waals surface area contributed by atoms with Crippen LogP contribution in [0.4, 0.5) is 0 Å². The van der Waals surface area contributed by atoms with Gasteiger partial charge in [-0.15, -0.1) is 0 Å². The Bertz CT molecular complexity index is 650. The van der Waals surface area contributed by atoms with E-state index in [2.05, 4.69) is 10.0 Å². The van der Waals surface area contributed by atoms with E-state index in [1.54, 1.807) is 24.3 Å². The molecule has 0 unspecified atom stereocenters. The summed E-state index contributed by atoms with van der Waals surface area (Å²) < 4.78 is 27.7. The summed E-state index contributed by atoms with van der Waals surface area (Å²) in [4.78, 5) is 12.1. The zero-order valence-electron chi connectivity index (χ0n) is 15.3. The summed E-state index contributed by atoms with van der Waals surface area (Å²) in [7, 11) is -3.46. The minimum absolute atomic E-state index is 0.0324. The van der Waals surface area contributed by atoms with E-state index in [9.17, 15) is 13.2 Å². The van der Waals surface area contributed by atoms with Gasteiger partial charge in [-0.2, -0.15) is 0 Å². The van der Waals surface area contributed by atoms with Gasteiger partial charge >= 0.3 is 0 Å². The molecule has 0 aliphatic heterocycles. The molecule has 1 amide bonds. The van der Waals surface area contributed by atoms with Crippen LogP contribution in [0.25, 0.3) is 0 Å². The molecule has 2 N–H and O–H groups in total. The number of sulfonamides is 1. The van der Waals surface area contributed by atoms with Crippen LogP contribution in [0.2, 0.25) is 0 Å². The summed E-state index contributed by atoms with van der Waals surface area (Å²) in [5.41, 5.74) is 0.968. The van der Waals surface area contributed by atoms with Crippen molar-refractivity contribution < 1.29 is 13.2 Å². The van der Waals surface area contributed by atoms with Gasteiger partial charge in [0.15, 0.2) is 0 Å². The van der Waals surface area contributed by atoms with Crippen LogP contribution in [-0.2, 0) is 21.2 Å². The molecule has 6 heteroatoms. The first-order valence-electron chi connectivity index (χ1n) is 9.31. The van der Waals surface area contributed by atoms with Gasteiger partial charge in [0.2, 0.25) is 15.9 Å². The van der Waals surface area contributed by atoms with E-state index in [1.807, 2.05) is 13.8 Å². The number of carbonyl (C=O) groups excluding carboxylic acids is 1. The number of hydrogen-bond donors (Lipinski definition) is 2. The lowest BCUT2D eigenvalue weighted by Gasteiger charge is -2.22. The lowest BCUT2D eigenvalue weighted by atomic mass is 9.96. The first kappa shape index (κ1) is 19.9. The standard InChI is InChI=1S/C19H30N2O3S/c1-3-15(2)20-19(22)14-11-16-9-12-18(13-10-16)25(23,24)21-17-7-5-4-6-8-17/h9-10,12-13,15,17,21H,3-8,11,14H2,1-2H3,(H,20,22)/t15-/m1/s1. The monoisotopic (exact) mass is 366 g/mol. The molecule has 0 spiro atoms. The highest BCUT2D eigenvalue weighted by atomic mass is 32.2. The Morgan fingerprint density at radius 2 is 1.80 bits per heavy atom. The van der Waals surface area contributed by atoms with E-state index in [0.717, 1.165) is 37.7 Å². The molecule has 0 radical (unpaired) electrons. The van der Waals surface area contributed by atoms with Crippen LogP contribution in [0.15, 0.2) is 29.2 Å². The number of carbonyl (C=O) groups is 1. The highest BCUT2D eigenvalue weighted by Gasteiger charge is 2.21. The molecule has 5 nitrogen and oxygen atoms in total. The predicted octanol–water partition coefficient (Wildman–Crippen LogP) is 3.14. The molecule has 1 aromatic carbocycles. The van der Waals surface area contributed by atoms with Gasteiger partial charge in [0.1, 0.15) is 0 Å². The third-order valence-electron chi connectivity index (χ3n) is 4.82. The smallest absolute Gasteiger partial charge is 0.240 e. The van der Waals surface area contributed by atoms with Crippen LogP contribution >= 0.6 is 0 Å². The predicted molar refractivity (Wildman–Crippen MR) is 99.9 cm³/mol. The third-order valence-corrected chi connectivity index (χ3v) is 6.36. The molecule has 1 fully saturated rings. The zero-order chi connectivity index (χ0) is 18.3. The minimum atomic E-state index is -3.46. The summed E-state index contributed by atoms with van der Waals surface area (Å²) >= 11 is 0. The fraction of sp³-hybridized carbons (Fsp3) is 0.632. The van der Waals surface area contributed by atoms with Gasteiger partial charge in [-0.05, 0) is 50.3 Å². The maximum atomic E-state index is 12.5. The van der Waals surface area contributed by atoms with Gasteiger partial charge in [-0.25, -0.2) is 13.1 Å². The van der Waals surface area contributed by atoms with Crippen molar-refractivity contribution in [3.05, 3.63) is 29.8 Å². The second-order valence-corrected chi connectivity index (χ2v) is 8.69. The molecule has 0 aromatic heterocycles. The van der Waals surface area contributed by atoms with Gasteiger partial charge in [0.05, 0.1) is 4.90 Å². The Hall–Kier alpha value is -1.40. The molecule has 0 heterocycles. The van der Waals surface area contributed by atoms with Crippen molar-refractivity contribution in [1.82, 2.24) is 10.0 Å². The maximum Gasteiger partial charge on any atom is 0.240 e. The number of benzene rings is 1. The number of nitrogens with one attached hydrogen (secondary N) is 2. The molecule has 1 aromatic rings. The summed E-state index contributed by atoms with van der Waals surface area (Å²) in [6.07, 6.45) is 7.14. The van der Waals surface area contributed by atoms with Crippen LogP contribution in [0.5, 0.6) is 0 Å². The van der Waals surface area contributed by atoms with Crippen LogP contribution < -0.4 is 10.0 Å². The molecule has 1 aliphatic rings. The molecule has 2 rings (SSSR count). The summed E-state index contributed by atoms with van der Waals surface area (Å²) in [6, 6.07) is 7.10. The number of rotatable bonds is 8. The first-order valence-corrected chi connectivity index (χ1v) is 10.8. The first-order chi connectivity index (χ1) is 11.9. The van der Waals surface area contributed by atoms with E-state index in [-0.39, 0.29) is 18.0 Å². The largest absolute Gasteiger partial charge is 0.354 e. The van der Waals surface area contributed by atoms with Crippen LogP contribution in [0.3, 0.4) is 0 Å². The molecular formula is C19H30N2O3S. The van der Waals surface area contributed by atoms with E-state index in [0.29, 0.717) is 17.7 Å². The highest BCUT2D eigenvalue weighted by molar-refractivity contribution is 7.89. The molecule has 1 saturated carbocycles. The van der Waals surface area contributed by atoms with Crippen molar-refractivity contribution in [2.24, 2.45) is 0 Å². The van der Waals surface area contributed by atoms with E-state index < -0.39 is 10.0 Å². The Morgan fingerprint density at radius 3 is 2.40 bits per heavy atom. The highest BCUT2D eigenvalue weighted by Crippen LogP contribution is 2.20. The molecule has 25 heavy (non-hydrogen) atoms. The van der Waals surface area contributed by atoms with Crippen molar-refractivity contribution >= 4 is 15.9 Å². The second-order valence-electron chi connectivity index (χ2n) is 6.98. The fourth-order valence-electron chi connectivity index (χ4n) is 3.05. The van der Waals surface area contributed by atoms with Gasteiger partial charge in [-0.3, -0.25) is 4.79 Å². The molecule has 0 saturated heterocycles. The Labute approximate surface area is 151 Å². The van der Waals surface area contributed by atoms with Crippen molar-refractivity contribution in [2.45, 2.75) is 82.2 Å². The van der Waals surface area contributed by atoms with E-state index >= 15 is 0 Å². The average molecular weight is 367 g/mol. The maximum absolute atomic E-state index is 12.5. The van der Waals surface area contributed by atoms with Crippen LogP contribution in [0.1, 0.15) is 64.4 Å². The fourth-order valence-corrected chi connectivity index (χ4v) is 4.36. The number of aryl methyl sites for hydroxylation is 1. The minimum Gasteiger partial charge on any atom is -0.354 e. The Balaban J connectivity index is 1.89. The van der Waals surface area contributed by atoms with Crippen molar-refractivity contribution in [1.29, 1.82) is 0 Å². The van der Waals surface area contributed by atoms with Gasteiger partial charge < -0.3 is 5.32 Å². The second kappa shape index (κ2) is 9.34. The van der Waals surface area contributed by atoms with Gasteiger partial charge in [-0.1, -0.05) is 38.3 Å². The van der Waals surface area contributed by atoms with Crippen molar-refractivity contribution in [3.63, 3.8) is 0 Å². The van der Waals surface area contributed by atoms with Crippen molar-refractivity contribution in [3.8, 4) is 0 Å². The molecule has 140 valence electrons. The SMILES string of the molecule is CC[C@@H](C)NC(=O)CCc1ccc(S(=O)(=O)NC2CCCCC2)cc1. The lowest BCUT2D eigenvalue weighted by molar-refractivity contribution is -0.121. The normalized spacial score (nSPS) is 17.2. The molecule has 0 bridgehead atoms. The lowest BCUT2D eigenvalue weighted by Crippen LogP contribution is -2.36. The van der Waals surface area contributed by atoms with Gasteiger partial charge in [0.25, 0.3) is 0 Å². The summed E-state index contributed by atoms with van der Waals surface area (Å²) in [5, 5.41) is 2.94. The average Bonchev–Trinajstić information content (AvgIpc) is 2.60. The van der Waals surface area contributed by atoms with Crippen LogP contribution in [0, 0.1) is 0 Å². The Morgan fingerprint density at radius 1 is 1.16 bits per heavy atom. The number of hydrogen-bond acceptors (Lipinski definition) is 3. The quantitative estimate of drug-likeness (QED) is 0.742. The van der Waals surface area contributed by atoms with E-state index in [4.69, 9.17) is 0 Å². The molecule has 1 aliphatic carbocycles. The summed E-state index contributed by atoms with van der Waals surface area (Å²) in [5.74, 6) is 0.0324. The Kier molecular flexibility index (Phi) is 7.44. The van der Waals surface area contributed by atoms with Gasteiger partial charge in [0, 0.05) is 18.5 Å². The molecule has 1 atom stereocenters. The zero-order valence-corrected chi connectivity index (χ0v) is 16.1. The third kappa shape index (κ3) is 6.44. The number of amides is 1. The topological polar surface area (TPSA) is 75.3 Å². The molecular weight excluding hydrogens is 336 g/mol.